The average molecular weight is 521 g/mol. The number of amides is 3. The van der Waals surface area contributed by atoms with Gasteiger partial charge in [-0.15, -0.1) is 0 Å². The van der Waals surface area contributed by atoms with Crippen molar-refractivity contribution in [3.05, 3.63) is 71.1 Å². The van der Waals surface area contributed by atoms with Gasteiger partial charge < -0.3 is 20.1 Å². The summed E-state index contributed by atoms with van der Waals surface area (Å²) in [6.07, 6.45) is 3.10. The molecule has 1 aromatic heterocycles. The van der Waals surface area contributed by atoms with E-state index >= 15 is 0 Å². The molecule has 1 aliphatic heterocycles. The Balaban J connectivity index is 1.62. The lowest BCUT2D eigenvalue weighted by molar-refractivity contribution is -0.137. The number of carbonyl (C=O) groups is 3. The van der Waals surface area contributed by atoms with Crippen LogP contribution in [0.5, 0.6) is 5.75 Å². The van der Waals surface area contributed by atoms with Crippen LogP contribution in [-0.4, -0.2) is 62.9 Å². The van der Waals surface area contributed by atoms with Gasteiger partial charge in [-0.3, -0.25) is 14.6 Å². The second kappa shape index (κ2) is 11.7. The second-order valence-corrected chi connectivity index (χ2v) is 9.55. The number of aromatic nitrogens is 1. The molecule has 4 rings (SSSR count). The van der Waals surface area contributed by atoms with Crippen LogP contribution in [0.3, 0.4) is 0 Å². The Morgan fingerprint density at radius 3 is 2.53 bits per heavy atom. The number of phenolic OH excluding ortho intramolecular Hbond substituents is 1. The van der Waals surface area contributed by atoms with Gasteiger partial charge in [0.1, 0.15) is 5.75 Å². The lowest BCUT2D eigenvalue weighted by Gasteiger charge is -2.36. The number of pyridine rings is 1. The van der Waals surface area contributed by atoms with Crippen molar-refractivity contribution < 1.29 is 34.4 Å². The minimum atomic E-state index is -1.04. The fourth-order valence-electron chi connectivity index (χ4n) is 5.62. The van der Waals surface area contributed by atoms with Gasteiger partial charge in [-0.25, -0.2) is 4.79 Å². The smallest absolute Gasteiger partial charge is 0.423 e. The van der Waals surface area contributed by atoms with Gasteiger partial charge in [0.05, 0.1) is 37.4 Å². The minimum Gasteiger partial charge on any atom is -0.508 e. The van der Waals surface area contributed by atoms with Gasteiger partial charge in [0.2, 0.25) is 11.8 Å². The van der Waals surface area contributed by atoms with Crippen LogP contribution >= 0.6 is 0 Å². The molecule has 200 valence electrons. The highest BCUT2D eigenvalue weighted by molar-refractivity contribution is 6.16. The molecular weight excluding hydrogens is 488 g/mol. The van der Waals surface area contributed by atoms with E-state index in [0.717, 1.165) is 29.5 Å². The number of aliphatic hydroxyl groups excluding tert-OH is 2. The number of hydrogen-bond donors (Lipinski definition) is 3. The number of aliphatic hydroxyl groups is 2. The van der Waals surface area contributed by atoms with Gasteiger partial charge in [0.15, 0.2) is 0 Å². The van der Waals surface area contributed by atoms with E-state index in [2.05, 4.69) is 9.72 Å². The van der Waals surface area contributed by atoms with E-state index in [1.807, 2.05) is 31.2 Å². The van der Waals surface area contributed by atoms with Crippen molar-refractivity contribution in [2.45, 2.75) is 38.7 Å². The monoisotopic (exact) mass is 520 g/mol. The van der Waals surface area contributed by atoms with Crippen LogP contribution in [0.2, 0.25) is 0 Å². The first kappa shape index (κ1) is 27.2. The highest BCUT2D eigenvalue weighted by Crippen LogP contribution is 2.47. The summed E-state index contributed by atoms with van der Waals surface area (Å²) in [4.78, 5) is 43.2. The summed E-state index contributed by atoms with van der Waals surface area (Å²) in [5.74, 6) is -3.67. The van der Waals surface area contributed by atoms with Crippen LogP contribution in [0.25, 0.3) is 11.6 Å². The van der Waals surface area contributed by atoms with Crippen molar-refractivity contribution >= 4 is 29.6 Å². The first-order valence-corrected chi connectivity index (χ1v) is 12.7. The van der Waals surface area contributed by atoms with E-state index in [1.165, 1.54) is 0 Å². The summed E-state index contributed by atoms with van der Waals surface area (Å²) in [6, 6.07) is 12.3. The number of methoxy groups -OCH3 is 1. The lowest BCUT2D eigenvalue weighted by atomic mass is 9.67. The summed E-state index contributed by atoms with van der Waals surface area (Å²) < 4.78 is 4.63. The Morgan fingerprint density at radius 1 is 1.18 bits per heavy atom. The predicted octanol–water partition coefficient (Wildman–Crippen LogP) is 3.56. The quantitative estimate of drug-likeness (QED) is 0.355. The molecule has 2 aromatic rings. The molecule has 1 aliphatic carbocycles. The van der Waals surface area contributed by atoms with Gasteiger partial charge in [0, 0.05) is 12.1 Å². The van der Waals surface area contributed by atoms with Crippen LogP contribution in [-0.2, 0) is 14.3 Å². The zero-order valence-electron chi connectivity index (χ0n) is 21.4. The number of ether oxygens (including phenoxy) is 1. The molecule has 2 heterocycles. The van der Waals surface area contributed by atoms with Crippen LogP contribution in [0.4, 0.5) is 4.79 Å². The van der Waals surface area contributed by atoms with Gasteiger partial charge in [-0.05, 0) is 72.7 Å². The molecule has 3 amide bonds. The average Bonchev–Trinajstić information content (AvgIpc) is 3.19. The van der Waals surface area contributed by atoms with Crippen LogP contribution < -0.4 is 0 Å². The maximum atomic E-state index is 13.1. The van der Waals surface area contributed by atoms with Crippen molar-refractivity contribution in [3.63, 3.8) is 0 Å². The van der Waals surface area contributed by atoms with Gasteiger partial charge >= 0.3 is 6.09 Å². The molecule has 9 heteroatoms. The Bertz CT molecular complexity index is 1250. The topological polar surface area (TPSA) is 137 Å². The van der Waals surface area contributed by atoms with E-state index < -0.39 is 48.4 Å². The maximum absolute atomic E-state index is 13.1. The van der Waals surface area contributed by atoms with Crippen molar-refractivity contribution in [3.8, 4) is 5.75 Å². The van der Waals surface area contributed by atoms with Crippen LogP contribution in [0.15, 0.2) is 59.8 Å². The standard InChI is InChI=1S/C29H32N2O7/c1-3-18-15-21-26(28(36)31(27(21)35)29(37)38-2)22(16-32)25(18)24(34)12-9-19(23-6-4-5-13-30-23)14-17-7-10-20(33)11-8-17/h4-8,10-11,13-14,21-22,24,26,32-34H,3,9,12,15-16H2,1-2H3/b19-14-/t21-,22+,24-,26-/m1/s1. The number of imide groups is 3. The molecule has 3 N–H and O–H groups in total. The van der Waals surface area contributed by atoms with Gasteiger partial charge in [0.25, 0.3) is 0 Å². The fourth-order valence-corrected chi connectivity index (χ4v) is 5.62. The van der Waals surface area contributed by atoms with E-state index in [9.17, 15) is 29.7 Å². The SMILES string of the molecule is CCC1=C([C@H](O)CC/C(=C/c2ccc(O)cc2)c2ccccn2)[C@H](CO)[C@@H]2C(=O)N(C(=O)OC)C(=O)[C@@H]2C1. The number of hydrogen-bond acceptors (Lipinski definition) is 8. The number of carbonyl (C=O) groups excluding carboxylic acids is 3. The highest BCUT2D eigenvalue weighted by atomic mass is 16.5. The zero-order chi connectivity index (χ0) is 27.4. The normalized spacial score (nSPS) is 22.5. The predicted molar refractivity (Wildman–Crippen MR) is 139 cm³/mol. The van der Waals surface area contributed by atoms with E-state index in [0.29, 0.717) is 23.3 Å². The Kier molecular flexibility index (Phi) is 8.38. The van der Waals surface area contributed by atoms with Gasteiger partial charge in [-0.1, -0.05) is 30.7 Å². The fraction of sp³-hybridized carbons (Fsp3) is 0.379. The number of allylic oxidation sites excluding steroid dienone is 2. The summed E-state index contributed by atoms with van der Waals surface area (Å²) in [6.45, 7) is 1.46. The molecule has 4 atom stereocenters. The molecule has 0 spiro atoms. The number of fused-ring (bicyclic) bond motifs is 1. The largest absolute Gasteiger partial charge is 0.508 e. The molecule has 0 saturated carbocycles. The molecule has 0 radical (unpaired) electrons. The van der Waals surface area contributed by atoms with Crippen molar-refractivity contribution in [1.29, 1.82) is 0 Å². The van der Waals surface area contributed by atoms with E-state index in [-0.39, 0.29) is 18.6 Å². The summed E-state index contributed by atoms with van der Waals surface area (Å²) in [5, 5.41) is 31.4. The molecule has 0 bridgehead atoms. The molecule has 1 fully saturated rings. The molecule has 9 nitrogen and oxygen atoms in total. The molecule has 1 saturated heterocycles. The third-order valence-electron chi connectivity index (χ3n) is 7.44. The molecule has 38 heavy (non-hydrogen) atoms. The summed E-state index contributed by atoms with van der Waals surface area (Å²) in [5.41, 5.74) is 3.84. The Labute approximate surface area is 221 Å². The van der Waals surface area contributed by atoms with Crippen LogP contribution in [0.1, 0.15) is 43.9 Å². The molecular formula is C29H32N2O7. The Hall–Kier alpha value is -3.82. The summed E-state index contributed by atoms with van der Waals surface area (Å²) >= 11 is 0. The minimum absolute atomic E-state index is 0.160. The molecule has 1 aromatic carbocycles. The number of aromatic hydroxyl groups is 1. The third kappa shape index (κ3) is 5.25. The van der Waals surface area contributed by atoms with Crippen molar-refractivity contribution in [1.82, 2.24) is 9.88 Å². The lowest BCUT2D eigenvalue weighted by Crippen LogP contribution is -2.40. The van der Waals surface area contributed by atoms with Crippen molar-refractivity contribution in [2.24, 2.45) is 17.8 Å². The molecule has 0 unspecified atom stereocenters. The number of nitrogens with zero attached hydrogens (tertiary/aromatic N) is 2. The van der Waals surface area contributed by atoms with E-state index in [4.69, 9.17) is 0 Å². The van der Waals surface area contributed by atoms with Crippen LogP contribution in [0, 0.1) is 17.8 Å². The summed E-state index contributed by atoms with van der Waals surface area (Å²) in [7, 11) is 1.10. The highest BCUT2D eigenvalue weighted by Gasteiger charge is 2.56. The number of phenols is 1. The Morgan fingerprint density at radius 2 is 1.92 bits per heavy atom. The van der Waals surface area contributed by atoms with E-state index in [1.54, 1.807) is 30.5 Å². The first-order valence-electron chi connectivity index (χ1n) is 12.7. The zero-order valence-corrected chi connectivity index (χ0v) is 21.4. The maximum Gasteiger partial charge on any atom is 0.423 e. The third-order valence-corrected chi connectivity index (χ3v) is 7.44. The van der Waals surface area contributed by atoms with Gasteiger partial charge in [-0.2, -0.15) is 4.90 Å². The first-order chi connectivity index (χ1) is 18.3. The molecule has 2 aliphatic rings. The number of likely N-dealkylation sites (tertiary alicyclic amines) is 1. The number of rotatable bonds is 8. The van der Waals surface area contributed by atoms with Crippen molar-refractivity contribution in [2.75, 3.05) is 13.7 Å². The number of benzene rings is 1. The second-order valence-electron chi connectivity index (χ2n) is 9.55.